The topological polar surface area (TPSA) is 80.9 Å². The Morgan fingerprint density at radius 1 is 1.14 bits per heavy atom. The Balaban J connectivity index is 1.82. The van der Waals surface area contributed by atoms with Gasteiger partial charge in [-0.1, -0.05) is 18.2 Å². The molecule has 0 fully saturated rings. The van der Waals surface area contributed by atoms with Crippen molar-refractivity contribution in [3.63, 3.8) is 0 Å². The SMILES string of the molecule is O=C(O)c1cccc(Cn2cnc(-c3ccccn3)n2)c1. The van der Waals surface area contributed by atoms with Crippen LogP contribution >= 0.6 is 0 Å². The zero-order chi connectivity index (χ0) is 14.7. The van der Waals surface area contributed by atoms with Crippen LogP contribution in [-0.4, -0.2) is 30.8 Å². The Morgan fingerprint density at radius 3 is 2.81 bits per heavy atom. The van der Waals surface area contributed by atoms with Crippen molar-refractivity contribution in [3.8, 4) is 11.5 Å². The molecule has 104 valence electrons. The van der Waals surface area contributed by atoms with E-state index in [1.807, 2.05) is 24.3 Å². The summed E-state index contributed by atoms with van der Waals surface area (Å²) < 4.78 is 1.66. The van der Waals surface area contributed by atoms with Crippen LogP contribution in [-0.2, 0) is 6.54 Å². The van der Waals surface area contributed by atoms with Crippen molar-refractivity contribution in [1.29, 1.82) is 0 Å². The summed E-state index contributed by atoms with van der Waals surface area (Å²) in [5.74, 6) is -0.394. The quantitative estimate of drug-likeness (QED) is 0.791. The molecule has 0 aliphatic rings. The molecule has 0 atom stereocenters. The first-order chi connectivity index (χ1) is 10.2. The van der Waals surface area contributed by atoms with E-state index in [0.29, 0.717) is 18.1 Å². The summed E-state index contributed by atoms with van der Waals surface area (Å²) in [5.41, 5.74) is 1.82. The number of benzene rings is 1. The van der Waals surface area contributed by atoms with Gasteiger partial charge in [-0.2, -0.15) is 0 Å². The molecule has 0 saturated carbocycles. The highest BCUT2D eigenvalue weighted by atomic mass is 16.4. The molecule has 1 N–H and O–H groups in total. The normalized spacial score (nSPS) is 10.5. The fourth-order valence-electron chi connectivity index (χ4n) is 1.97. The first kappa shape index (κ1) is 13.0. The van der Waals surface area contributed by atoms with Crippen molar-refractivity contribution in [2.24, 2.45) is 0 Å². The van der Waals surface area contributed by atoms with E-state index in [0.717, 1.165) is 5.56 Å². The Kier molecular flexibility index (Phi) is 3.42. The molecule has 0 saturated heterocycles. The van der Waals surface area contributed by atoms with Crippen LogP contribution in [0.5, 0.6) is 0 Å². The molecule has 6 nitrogen and oxygen atoms in total. The van der Waals surface area contributed by atoms with E-state index in [4.69, 9.17) is 5.11 Å². The van der Waals surface area contributed by atoms with Gasteiger partial charge in [-0.05, 0) is 29.8 Å². The number of carboxylic acid groups (broad SMARTS) is 1. The van der Waals surface area contributed by atoms with Gasteiger partial charge in [0.25, 0.3) is 0 Å². The number of aromatic carboxylic acids is 1. The third-order valence-electron chi connectivity index (χ3n) is 2.95. The molecule has 0 aliphatic heterocycles. The molecule has 0 aliphatic carbocycles. The minimum Gasteiger partial charge on any atom is -0.478 e. The number of hydrogen-bond donors (Lipinski definition) is 1. The van der Waals surface area contributed by atoms with Gasteiger partial charge < -0.3 is 5.11 Å². The lowest BCUT2D eigenvalue weighted by molar-refractivity contribution is 0.0696. The number of carboxylic acids is 1. The third kappa shape index (κ3) is 2.94. The molecular weight excluding hydrogens is 268 g/mol. The van der Waals surface area contributed by atoms with Crippen molar-refractivity contribution >= 4 is 5.97 Å². The first-order valence-electron chi connectivity index (χ1n) is 6.35. The van der Waals surface area contributed by atoms with Crippen LogP contribution in [0, 0.1) is 0 Å². The molecule has 21 heavy (non-hydrogen) atoms. The molecule has 6 heteroatoms. The van der Waals surface area contributed by atoms with Crippen molar-refractivity contribution in [2.45, 2.75) is 6.54 Å². The number of pyridine rings is 1. The minimum absolute atomic E-state index is 0.262. The van der Waals surface area contributed by atoms with Gasteiger partial charge in [-0.3, -0.25) is 4.98 Å². The zero-order valence-corrected chi connectivity index (χ0v) is 11.0. The molecule has 1 aromatic carbocycles. The summed E-state index contributed by atoms with van der Waals surface area (Å²) in [6.45, 7) is 0.459. The number of carbonyl (C=O) groups is 1. The summed E-state index contributed by atoms with van der Waals surface area (Å²) in [5, 5.41) is 13.3. The number of aromatic nitrogens is 4. The lowest BCUT2D eigenvalue weighted by Crippen LogP contribution is -2.03. The van der Waals surface area contributed by atoms with Gasteiger partial charge in [0, 0.05) is 6.20 Å². The zero-order valence-electron chi connectivity index (χ0n) is 11.0. The average Bonchev–Trinajstić information content (AvgIpc) is 2.97. The van der Waals surface area contributed by atoms with Gasteiger partial charge in [-0.25, -0.2) is 14.5 Å². The molecule has 0 unspecified atom stereocenters. The highest BCUT2D eigenvalue weighted by molar-refractivity contribution is 5.87. The van der Waals surface area contributed by atoms with Gasteiger partial charge in [0.1, 0.15) is 12.0 Å². The van der Waals surface area contributed by atoms with E-state index in [1.165, 1.54) is 0 Å². The van der Waals surface area contributed by atoms with Crippen LogP contribution in [0.3, 0.4) is 0 Å². The van der Waals surface area contributed by atoms with Gasteiger partial charge in [0.2, 0.25) is 0 Å². The molecule has 2 aromatic heterocycles. The predicted molar refractivity (Wildman–Crippen MR) is 75.8 cm³/mol. The van der Waals surface area contributed by atoms with Crippen LogP contribution in [0.25, 0.3) is 11.5 Å². The fourth-order valence-corrected chi connectivity index (χ4v) is 1.97. The molecule has 2 heterocycles. The van der Waals surface area contributed by atoms with E-state index in [9.17, 15) is 4.79 Å². The van der Waals surface area contributed by atoms with Gasteiger partial charge in [0.15, 0.2) is 5.82 Å². The number of hydrogen-bond acceptors (Lipinski definition) is 4. The first-order valence-corrected chi connectivity index (χ1v) is 6.35. The standard InChI is InChI=1S/C15H12N4O2/c20-15(21)12-5-3-4-11(8-12)9-19-10-17-14(18-19)13-6-1-2-7-16-13/h1-8,10H,9H2,(H,20,21). The third-order valence-corrected chi connectivity index (χ3v) is 2.95. The van der Waals surface area contributed by atoms with Crippen LogP contribution in [0.15, 0.2) is 55.0 Å². The Bertz CT molecular complexity index is 768. The second-order valence-electron chi connectivity index (χ2n) is 4.49. The molecule has 0 amide bonds. The van der Waals surface area contributed by atoms with Gasteiger partial charge in [-0.15, -0.1) is 5.10 Å². The summed E-state index contributed by atoms with van der Waals surface area (Å²) in [6.07, 6.45) is 3.30. The van der Waals surface area contributed by atoms with E-state index < -0.39 is 5.97 Å². The Hall–Kier alpha value is -3.02. The summed E-state index contributed by atoms with van der Waals surface area (Å²) in [6, 6.07) is 12.3. The molecule has 0 bridgehead atoms. The number of nitrogens with zero attached hydrogens (tertiary/aromatic N) is 4. The van der Waals surface area contributed by atoms with Crippen molar-refractivity contribution in [2.75, 3.05) is 0 Å². The highest BCUT2D eigenvalue weighted by Gasteiger charge is 2.07. The second kappa shape index (κ2) is 5.54. The summed E-state index contributed by atoms with van der Waals surface area (Å²) in [4.78, 5) is 19.4. The fraction of sp³-hybridized carbons (Fsp3) is 0.0667. The van der Waals surface area contributed by atoms with Crippen molar-refractivity contribution in [3.05, 3.63) is 66.1 Å². The Morgan fingerprint density at radius 2 is 2.05 bits per heavy atom. The molecule has 0 spiro atoms. The smallest absolute Gasteiger partial charge is 0.335 e. The lowest BCUT2D eigenvalue weighted by atomic mass is 10.1. The maximum atomic E-state index is 11.0. The maximum Gasteiger partial charge on any atom is 0.335 e. The Labute approximate surface area is 120 Å². The van der Waals surface area contributed by atoms with Crippen LogP contribution < -0.4 is 0 Å². The molecule has 3 aromatic rings. The van der Waals surface area contributed by atoms with Crippen LogP contribution in [0.4, 0.5) is 0 Å². The highest BCUT2D eigenvalue weighted by Crippen LogP contribution is 2.11. The summed E-state index contributed by atoms with van der Waals surface area (Å²) >= 11 is 0. The largest absolute Gasteiger partial charge is 0.478 e. The minimum atomic E-state index is -0.940. The second-order valence-corrected chi connectivity index (χ2v) is 4.49. The lowest BCUT2D eigenvalue weighted by Gasteiger charge is -2.02. The van der Waals surface area contributed by atoms with Crippen LogP contribution in [0.2, 0.25) is 0 Å². The molecule has 0 radical (unpaired) electrons. The average molecular weight is 280 g/mol. The summed E-state index contributed by atoms with van der Waals surface area (Å²) in [7, 11) is 0. The van der Waals surface area contributed by atoms with Crippen LogP contribution in [0.1, 0.15) is 15.9 Å². The maximum absolute atomic E-state index is 11.0. The molecular formula is C15H12N4O2. The van der Waals surface area contributed by atoms with E-state index >= 15 is 0 Å². The van der Waals surface area contributed by atoms with E-state index in [2.05, 4.69) is 15.1 Å². The van der Waals surface area contributed by atoms with Crippen molar-refractivity contribution < 1.29 is 9.90 Å². The molecule has 3 rings (SSSR count). The predicted octanol–water partition coefficient (Wildman–Crippen LogP) is 2.09. The van der Waals surface area contributed by atoms with Gasteiger partial charge >= 0.3 is 5.97 Å². The van der Waals surface area contributed by atoms with E-state index in [-0.39, 0.29) is 5.56 Å². The van der Waals surface area contributed by atoms with Gasteiger partial charge in [0.05, 0.1) is 12.1 Å². The number of rotatable bonds is 4. The van der Waals surface area contributed by atoms with E-state index in [1.54, 1.807) is 35.4 Å². The monoisotopic (exact) mass is 280 g/mol. The van der Waals surface area contributed by atoms with Crippen molar-refractivity contribution in [1.82, 2.24) is 19.7 Å².